The minimum Gasteiger partial charge on any atom is -0.497 e. The van der Waals surface area contributed by atoms with Gasteiger partial charge in [-0.15, -0.1) is 0 Å². The second kappa shape index (κ2) is 8.94. The van der Waals surface area contributed by atoms with Crippen molar-refractivity contribution in [3.8, 4) is 5.75 Å². The number of hydrogen-bond donors (Lipinski definition) is 1. The molecule has 0 saturated heterocycles. The van der Waals surface area contributed by atoms with Gasteiger partial charge in [-0.05, 0) is 56.5 Å². The molecule has 19 heavy (non-hydrogen) atoms. The number of benzene rings is 1. The Bertz CT molecular complexity index is 337. The Morgan fingerprint density at radius 1 is 1.16 bits per heavy atom. The molecular formula is C16H27NO2. The van der Waals surface area contributed by atoms with E-state index in [2.05, 4.69) is 31.3 Å². The summed E-state index contributed by atoms with van der Waals surface area (Å²) in [5.41, 5.74) is 1.35. The van der Waals surface area contributed by atoms with Gasteiger partial charge in [-0.3, -0.25) is 0 Å². The minimum atomic E-state index is 0.307. The van der Waals surface area contributed by atoms with E-state index in [-0.39, 0.29) is 0 Å². The zero-order chi connectivity index (χ0) is 14.1. The summed E-state index contributed by atoms with van der Waals surface area (Å²) in [6.45, 7) is 6.33. The van der Waals surface area contributed by atoms with Gasteiger partial charge in [0.2, 0.25) is 0 Å². The molecule has 1 aromatic carbocycles. The zero-order valence-corrected chi connectivity index (χ0v) is 12.6. The number of ether oxygens (including phenoxy) is 2. The normalized spacial score (nSPS) is 14.1. The Kier molecular flexibility index (Phi) is 7.53. The lowest BCUT2D eigenvalue weighted by Gasteiger charge is -2.21. The average Bonchev–Trinajstić information content (AvgIpc) is 2.45. The predicted molar refractivity (Wildman–Crippen MR) is 79.8 cm³/mol. The molecule has 0 spiro atoms. The highest BCUT2D eigenvalue weighted by atomic mass is 16.5. The van der Waals surface area contributed by atoms with Crippen molar-refractivity contribution >= 4 is 0 Å². The van der Waals surface area contributed by atoms with Crippen molar-refractivity contribution < 1.29 is 9.47 Å². The van der Waals surface area contributed by atoms with E-state index in [0.29, 0.717) is 12.0 Å². The molecule has 0 aliphatic carbocycles. The standard InChI is InChI=1S/C16H27NO2/c1-5-17-12-15(10-13(2)18-3)11-14-6-8-16(19-4)9-7-14/h6-9,13,15,17H,5,10-12H2,1-4H3. The van der Waals surface area contributed by atoms with E-state index in [1.165, 1.54) is 5.56 Å². The summed E-state index contributed by atoms with van der Waals surface area (Å²) in [4.78, 5) is 0. The molecule has 1 rings (SSSR count). The molecule has 3 nitrogen and oxygen atoms in total. The Labute approximate surface area is 117 Å². The van der Waals surface area contributed by atoms with Gasteiger partial charge in [0.15, 0.2) is 0 Å². The van der Waals surface area contributed by atoms with Gasteiger partial charge < -0.3 is 14.8 Å². The van der Waals surface area contributed by atoms with Crippen LogP contribution in [0.25, 0.3) is 0 Å². The van der Waals surface area contributed by atoms with E-state index in [4.69, 9.17) is 9.47 Å². The van der Waals surface area contributed by atoms with Crippen LogP contribution < -0.4 is 10.1 Å². The zero-order valence-electron chi connectivity index (χ0n) is 12.6. The van der Waals surface area contributed by atoms with Crippen molar-refractivity contribution in [3.63, 3.8) is 0 Å². The third-order valence-electron chi connectivity index (χ3n) is 3.43. The summed E-state index contributed by atoms with van der Waals surface area (Å²) < 4.78 is 10.6. The van der Waals surface area contributed by atoms with Crippen LogP contribution in [0.15, 0.2) is 24.3 Å². The Morgan fingerprint density at radius 2 is 1.84 bits per heavy atom. The van der Waals surface area contributed by atoms with Crippen LogP contribution in [0.5, 0.6) is 5.75 Å². The van der Waals surface area contributed by atoms with Crippen LogP contribution in [0.1, 0.15) is 25.8 Å². The van der Waals surface area contributed by atoms with Crippen molar-refractivity contribution in [1.82, 2.24) is 5.32 Å². The van der Waals surface area contributed by atoms with Gasteiger partial charge in [0.25, 0.3) is 0 Å². The van der Waals surface area contributed by atoms with Crippen LogP contribution in [0.4, 0.5) is 0 Å². The first-order chi connectivity index (χ1) is 9.19. The average molecular weight is 265 g/mol. The second-order valence-electron chi connectivity index (χ2n) is 5.01. The molecule has 2 atom stereocenters. The lowest BCUT2D eigenvalue weighted by molar-refractivity contribution is 0.0947. The minimum absolute atomic E-state index is 0.307. The molecule has 0 heterocycles. The van der Waals surface area contributed by atoms with Crippen LogP contribution in [-0.4, -0.2) is 33.4 Å². The molecule has 1 N–H and O–H groups in total. The van der Waals surface area contributed by atoms with Gasteiger partial charge in [-0.25, -0.2) is 0 Å². The maximum atomic E-state index is 5.39. The SMILES string of the molecule is CCNCC(Cc1ccc(OC)cc1)CC(C)OC. The molecule has 0 aliphatic rings. The third kappa shape index (κ3) is 6.08. The van der Waals surface area contributed by atoms with E-state index >= 15 is 0 Å². The monoisotopic (exact) mass is 265 g/mol. The molecule has 0 saturated carbocycles. The first kappa shape index (κ1) is 16.0. The smallest absolute Gasteiger partial charge is 0.118 e. The van der Waals surface area contributed by atoms with Gasteiger partial charge in [0.05, 0.1) is 13.2 Å². The fourth-order valence-electron chi connectivity index (χ4n) is 2.25. The van der Waals surface area contributed by atoms with Gasteiger partial charge in [-0.2, -0.15) is 0 Å². The Hall–Kier alpha value is -1.06. The number of methoxy groups -OCH3 is 2. The molecule has 108 valence electrons. The molecule has 2 unspecified atom stereocenters. The first-order valence-corrected chi connectivity index (χ1v) is 7.06. The largest absolute Gasteiger partial charge is 0.497 e. The number of rotatable bonds is 9. The van der Waals surface area contributed by atoms with Crippen molar-refractivity contribution in [2.24, 2.45) is 5.92 Å². The van der Waals surface area contributed by atoms with Crippen LogP contribution in [0, 0.1) is 5.92 Å². The van der Waals surface area contributed by atoms with Crippen LogP contribution in [0.2, 0.25) is 0 Å². The number of hydrogen-bond acceptors (Lipinski definition) is 3. The highest BCUT2D eigenvalue weighted by molar-refractivity contribution is 5.27. The van der Waals surface area contributed by atoms with E-state index in [0.717, 1.165) is 31.7 Å². The third-order valence-corrected chi connectivity index (χ3v) is 3.43. The van der Waals surface area contributed by atoms with Crippen LogP contribution in [-0.2, 0) is 11.2 Å². The van der Waals surface area contributed by atoms with Crippen molar-refractivity contribution in [2.45, 2.75) is 32.8 Å². The van der Waals surface area contributed by atoms with Gasteiger partial charge in [-0.1, -0.05) is 19.1 Å². The summed E-state index contributed by atoms with van der Waals surface area (Å²) in [6, 6.07) is 8.35. The van der Waals surface area contributed by atoms with E-state index in [1.54, 1.807) is 14.2 Å². The fourth-order valence-corrected chi connectivity index (χ4v) is 2.25. The molecule has 0 aromatic heterocycles. The molecule has 0 fully saturated rings. The topological polar surface area (TPSA) is 30.5 Å². The highest BCUT2D eigenvalue weighted by Gasteiger charge is 2.13. The lowest BCUT2D eigenvalue weighted by Crippen LogP contribution is -2.27. The first-order valence-electron chi connectivity index (χ1n) is 7.06. The van der Waals surface area contributed by atoms with Crippen LogP contribution >= 0.6 is 0 Å². The van der Waals surface area contributed by atoms with E-state index in [9.17, 15) is 0 Å². The lowest BCUT2D eigenvalue weighted by atomic mass is 9.94. The fraction of sp³-hybridized carbons (Fsp3) is 0.625. The van der Waals surface area contributed by atoms with Crippen molar-refractivity contribution in [2.75, 3.05) is 27.3 Å². The summed E-state index contributed by atoms with van der Waals surface area (Å²) in [7, 11) is 3.48. The maximum Gasteiger partial charge on any atom is 0.118 e. The molecule has 3 heteroatoms. The maximum absolute atomic E-state index is 5.39. The Balaban J connectivity index is 2.58. The van der Waals surface area contributed by atoms with Crippen molar-refractivity contribution in [1.29, 1.82) is 0 Å². The quantitative estimate of drug-likeness (QED) is 0.744. The van der Waals surface area contributed by atoms with Gasteiger partial charge >= 0.3 is 0 Å². The molecule has 0 aliphatic heterocycles. The Morgan fingerprint density at radius 3 is 2.37 bits per heavy atom. The van der Waals surface area contributed by atoms with E-state index in [1.807, 2.05) is 12.1 Å². The van der Waals surface area contributed by atoms with Crippen LogP contribution in [0.3, 0.4) is 0 Å². The molecule has 1 aromatic rings. The molecule has 0 radical (unpaired) electrons. The van der Waals surface area contributed by atoms with Crippen molar-refractivity contribution in [3.05, 3.63) is 29.8 Å². The second-order valence-corrected chi connectivity index (χ2v) is 5.01. The predicted octanol–water partition coefficient (Wildman–Crippen LogP) is 2.89. The highest BCUT2D eigenvalue weighted by Crippen LogP contribution is 2.18. The summed E-state index contributed by atoms with van der Waals surface area (Å²) in [5, 5.41) is 3.44. The van der Waals surface area contributed by atoms with E-state index < -0.39 is 0 Å². The summed E-state index contributed by atoms with van der Waals surface area (Å²) in [5.74, 6) is 1.51. The summed E-state index contributed by atoms with van der Waals surface area (Å²) >= 11 is 0. The molecule has 0 amide bonds. The summed E-state index contributed by atoms with van der Waals surface area (Å²) in [6.07, 6.45) is 2.46. The van der Waals surface area contributed by atoms with Gasteiger partial charge in [0, 0.05) is 7.11 Å². The molecule has 0 bridgehead atoms. The van der Waals surface area contributed by atoms with Gasteiger partial charge in [0.1, 0.15) is 5.75 Å². The number of nitrogens with one attached hydrogen (secondary N) is 1. The molecular weight excluding hydrogens is 238 g/mol.